The predicted molar refractivity (Wildman–Crippen MR) is 127 cm³/mol. The van der Waals surface area contributed by atoms with Gasteiger partial charge in [-0.25, -0.2) is 9.67 Å². The number of aryl methyl sites for hydroxylation is 1. The number of nitrogens with zero attached hydrogens (tertiary/aromatic N) is 5. The fourth-order valence-electron chi connectivity index (χ4n) is 4.33. The van der Waals surface area contributed by atoms with Crippen LogP contribution in [0.3, 0.4) is 0 Å². The van der Waals surface area contributed by atoms with Crippen molar-refractivity contribution in [2.75, 3.05) is 31.2 Å². The van der Waals surface area contributed by atoms with Crippen LogP contribution >= 0.6 is 0 Å². The molecule has 0 N–H and O–H groups in total. The molecule has 6 nitrogen and oxygen atoms in total. The smallest absolute Gasteiger partial charge is 0.228 e. The highest BCUT2D eigenvalue weighted by atomic mass is 16.5. The number of benzene rings is 1. The molecule has 164 valence electrons. The van der Waals surface area contributed by atoms with E-state index in [1.165, 1.54) is 11.1 Å². The molecule has 0 saturated carbocycles. The Balaban J connectivity index is 1.88. The molecule has 0 radical (unpaired) electrons. The first-order chi connectivity index (χ1) is 15.2. The number of morpholine rings is 1. The average Bonchev–Trinajstić information content (AvgIpc) is 3.23. The summed E-state index contributed by atoms with van der Waals surface area (Å²) in [5.41, 5.74) is 5.46. The summed E-state index contributed by atoms with van der Waals surface area (Å²) < 4.78 is 7.67. The van der Waals surface area contributed by atoms with Crippen LogP contribution in [0.5, 0.6) is 0 Å². The summed E-state index contributed by atoms with van der Waals surface area (Å²) in [5.74, 6) is 0.772. The van der Waals surface area contributed by atoms with Crippen molar-refractivity contribution in [1.29, 1.82) is 0 Å². The fraction of sp³-hybridized carbons (Fsp3) is 0.480. The highest BCUT2D eigenvalue weighted by Gasteiger charge is 2.22. The molecule has 4 rings (SSSR count). The van der Waals surface area contributed by atoms with Crippen molar-refractivity contribution in [1.82, 2.24) is 19.7 Å². The number of fused-ring (bicyclic) bond motifs is 1. The second kappa shape index (κ2) is 9.60. The molecule has 1 saturated heterocycles. The third kappa shape index (κ3) is 4.35. The quantitative estimate of drug-likeness (QED) is 0.512. The molecular formula is C25H33N5O. The first-order valence-electron chi connectivity index (χ1n) is 11.5. The Hall–Kier alpha value is -2.73. The predicted octanol–water partition coefficient (Wildman–Crippen LogP) is 5.42. The maximum absolute atomic E-state index is 5.55. The minimum absolute atomic E-state index is 0.349. The molecule has 3 heterocycles. The summed E-state index contributed by atoms with van der Waals surface area (Å²) in [5, 5.41) is 5.80. The largest absolute Gasteiger partial charge is 0.378 e. The van der Waals surface area contributed by atoms with Gasteiger partial charge in [-0.05, 0) is 43.9 Å². The molecule has 1 aliphatic rings. The SMILES string of the molecule is C/C=C\c1ccc(-c2nc(N3CCOCC3)nc3c2cnn3C(CC)CCC)cc1C. The number of rotatable bonds is 7. The van der Waals surface area contributed by atoms with E-state index in [0.29, 0.717) is 19.3 Å². The van der Waals surface area contributed by atoms with Gasteiger partial charge in [-0.1, -0.05) is 44.6 Å². The van der Waals surface area contributed by atoms with Crippen molar-refractivity contribution < 1.29 is 4.74 Å². The van der Waals surface area contributed by atoms with E-state index in [9.17, 15) is 0 Å². The van der Waals surface area contributed by atoms with Crippen LogP contribution in [0.15, 0.2) is 30.5 Å². The summed E-state index contributed by atoms with van der Waals surface area (Å²) in [7, 11) is 0. The van der Waals surface area contributed by atoms with Gasteiger partial charge >= 0.3 is 0 Å². The Morgan fingerprint density at radius 3 is 2.65 bits per heavy atom. The van der Waals surface area contributed by atoms with Crippen molar-refractivity contribution in [3.63, 3.8) is 0 Å². The van der Waals surface area contributed by atoms with Gasteiger partial charge in [0.1, 0.15) is 0 Å². The molecule has 3 aromatic rings. The molecule has 31 heavy (non-hydrogen) atoms. The molecule has 1 atom stereocenters. The zero-order valence-corrected chi connectivity index (χ0v) is 19.1. The lowest BCUT2D eigenvalue weighted by Gasteiger charge is -2.27. The molecule has 1 unspecified atom stereocenters. The van der Waals surface area contributed by atoms with Gasteiger partial charge < -0.3 is 9.64 Å². The van der Waals surface area contributed by atoms with E-state index in [-0.39, 0.29) is 0 Å². The number of aromatic nitrogens is 4. The Kier molecular flexibility index (Phi) is 6.66. The Morgan fingerprint density at radius 1 is 1.16 bits per heavy atom. The molecule has 0 amide bonds. The highest BCUT2D eigenvalue weighted by molar-refractivity contribution is 5.91. The Bertz CT molecular complexity index is 1070. The van der Waals surface area contributed by atoms with Gasteiger partial charge in [0.15, 0.2) is 5.65 Å². The monoisotopic (exact) mass is 419 g/mol. The average molecular weight is 420 g/mol. The summed E-state index contributed by atoms with van der Waals surface area (Å²) >= 11 is 0. The van der Waals surface area contributed by atoms with Crippen LogP contribution < -0.4 is 4.90 Å². The molecule has 0 aliphatic carbocycles. The first-order valence-corrected chi connectivity index (χ1v) is 11.5. The van der Waals surface area contributed by atoms with E-state index in [0.717, 1.165) is 60.6 Å². The summed E-state index contributed by atoms with van der Waals surface area (Å²) in [4.78, 5) is 12.3. The van der Waals surface area contributed by atoms with E-state index < -0.39 is 0 Å². The second-order valence-electron chi connectivity index (χ2n) is 8.22. The van der Waals surface area contributed by atoms with Gasteiger partial charge in [-0.2, -0.15) is 10.1 Å². The molecule has 2 aromatic heterocycles. The Morgan fingerprint density at radius 2 is 1.97 bits per heavy atom. The van der Waals surface area contributed by atoms with E-state index in [2.05, 4.69) is 60.7 Å². The normalized spacial score (nSPS) is 15.8. The lowest BCUT2D eigenvalue weighted by molar-refractivity contribution is 0.122. The standard InChI is InChI=1S/C25H33N5O/c1-5-8-19-10-11-20(16-18(19)4)23-22-17-26-30(21(7-3)9-6-2)24(22)28-25(27-23)29-12-14-31-15-13-29/h5,8,10-11,16-17,21H,6-7,9,12-15H2,1-4H3/b8-5-. The number of hydrogen-bond donors (Lipinski definition) is 0. The Labute approximate surface area is 185 Å². The van der Waals surface area contributed by atoms with Crippen LogP contribution in [-0.4, -0.2) is 46.1 Å². The van der Waals surface area contributed by atoms with E-state index >= 15 is 0 Å². The molecule has 1 aliphatic heterocycles. The van der Waals surface area contributed by atoms with Crippen LogP contribution in [0, 0.1) is 6.92 Å². The van der Waals surface area contributed by atoms with E-state index in [1.807, 2.05) is 13.1 Å². The topological polar surface area (TPSA) is 56.1 Å². The molecule has 0 bridgehead atoms. The van der Waals surface area contributed by atoms with Crippen LogP contribution in [0.2, 0.25) is 0 Å². The summed E-state index contributed by atoms with van der Waals surface area (Å²) in [6.45, 7) is 11.7. The van der Waals surface area contributed by atoms with Crippen LogP contribution in [-0.2, 0) is 4.74 Å². The maximum Gasteiger partial charge on any atom is 0.228 e. The van der Waals surface area contributed by atoms with Crippen molar-refractivity contribution in [3.05, 3.63) is 41.6 Å². The molecule has 1 fully saturated rings. The zero-order chi connectivity index (χ0) is 21.8. The van der Waals surface area contributed by atoms with E-state index in [1.54, 1.807) is 0 Å². The van der Waals surface area contributed by atoms with Crippen LogP contribution in [0.4, 0.5) is 5.95 Å². The maximum atomic E-state index is 5.55. The van der Waals surface area contributed by atoms with Gasteiger partial charge in [0.2, 0.25) is 5.95 Å². The lowest BCUT2D eigenvalue weighted by atomic mass is 10.0. The van der Waals surface area contributed by atoms with Crippen molar-refractivity contribution in [2.24, 2.45) is 0 Å². The number of hydrogen-bond acceptors (Lipinski definition) is 5. The van der Waals surface area contributed by atoms with Gasteiger partial charge in [0, 0.05) is 18.7 Å². The molecule has 6 heteroatoms. The number of anilines is 1. The third-order valence-electron chi connectivity index (χ3n) is 6.06. The minimum atomic E-state index is 0.349. The summed E-state index contributed by atoms with van der Waals surface area (Å²) in [6.07, 6.45) is 9.41. The van der Waals surface area contributed by atoms with Crippen LogP contribution in [0.1, 0.15) is 57.2 Å². The van der Waals surface area contributed by atoms with Crippen molar-refractivity contribution in [3.8, 4) is 11.3 Å². The van der Waals surface area contributed by atoms with Crippen molar-refractivity contribution in [2.45, 2.75) is 53.0 Å². The lowest BCUT2D eigenvalue weighted by Crippen LogP contribution is -2.37. The zero-order valence-electron chi connectivity index (χ0n) is 19.1. The van der Waals surface area contributed by atoms with E-state index in [4.69, 9.17) is 19.8 Å². The molecular weight excluding hydrogens is 386 g/mol. The number of allylic oxidation sites excluding steroid dienone is 1. The van der Waals surface area contributed by atoms with Crippen molar-refractivity contribution >= 4 is 23.1 Å². The second-order valence-corrected chi connectivity index (χ2v) is 8.22. The summed E-state index contributed by atoms with van der Waals surface area (Å²) in [6, 6.07) is 6.90. The minimum Gasteiger partial charge on any atom is -0.378 e. The third-order valence-corrected chi connectivity index (χ3v) is 6.06. The molecule has 1 aromatic carbocycles. The van der Waals surface area contributed by atoms with Gasteiger partial charge in [-0.3, -0.25) is 0 Å². The highest BCUT2D eigenvalue weighted by Crippen LogP contribution is 2.32. The number of ether oxygens (including phenoxy) is 1. The fourth-order valence-corrected chi connectivity index (χ4v) is 4.33. The van der Waals surface area contributed by atoms with Crippen LogP contribution in [0.25, 0.3) is 28.4 Å². The van der Waals surface area contributed by atoms with Gasteiger partial charge in [0.05, 0.1) is 36.5 Å². The van der Waals surface area contributed by atoms with Gasteiger partial charge in [0.25, 0.3) is 0 Å². The molecule has 0 spiro atoms. The van der Waals surface area contributed by atoms with Gasteiger partial charge in [-0.15, -0.1) is 0 Å². The first kappa shape index (κ1) is 21.5.